The van der Waals surface area contributed by atoms with Crippen LogP contribution in [-0.4, -0.2) is 24.1 Å². The number of likely N-dealkylation sites (tertiary alicyclic amines) is 1. The molecule has 0 unspecified atom stereocenters. The van der Waals surface area contributed by atoms with E-state index >= 15 is 0 Å². The van der Waals surface area contributed by atoms with E-state index in [-0.39, 0.29) is 6.09 Å². The molecule has 3 heteroatoms. The van der Waals surface area contributed by atoms with Crippen LogP contribution in [0.4, 0.5) is 4.79 Å². The Bertz CT molecular complexity index is 391. The van der Waals surface area contributed by atoms with Crippen molar-refractivity contribution in [1.29, 1.82) is 0 Å². The van der Waals surface area contributed by atoms with Gasteiger partial charge >= 0.3 is 6.09 Å². The van der Waals surface area contributed by atoms with Gasteiger partial charge in [0.2, 0.25) is 0 Å². The molecule has 1 aromatic rings. The van der Waals surface area contributed by atoms with Gasteiger partial charge in [0.15, 0.2) is 0 Å². The van der Waals surface area contributed by atoms with Crippen LogP contribution in [-0.2, 0) is 0 Å². The SMILES string of the molecule is CCC1CCN(C(=O)Oc2ccc(C)cc2)CC1. The first-order valence-electron chi connectivity index (χ1n) is 6.72. The number of hydrogen-bond acceptors (Lipinski definition) is 2. The molecule has 0 aliphatic carbocycles. The summed E-state index contributed by atoms with van der Waals surface area (Å²) in [6, 6.07) is 7.58. The Balaban J connectivity index is 1.87. The lowest BCUT2D eigenvalue weighted by Crippen LogP contribution is -2.40. The lowest BCUT2D eigenvalue weighted by Gasteiger charge is -2.30. The highest BCUT2D eigenvalue weighted by atomic mass is 16.6. The molecule has 18 heavy (non-hydrogen) atoms. The Kier molecular flexibility index (Phi) is 4.24. The van der Waals surface area contributed by atoms with Gasteiger partial charge < -0.3 is 9.64 Å². The van der Waals surface area contributed by atoms with Gasteiger partial charge in [-0.25, -0.2) is 4.79 Å². The molecule has 0 bridgehead atoms. The lowest BCUT2D eigenvalue weighted by atomic mass is 9.95. The number of piperidine rings is 1. The van der Waals surface area contributed by atoms with E-state index in [1.807, 2.05) is 36.1 Å². The minimum Gasteiger partial charge on any atom is -0.410 e. The third-order valence-electron chi connectivity index (χ3n) is 3.68. The molecule has 1 fully saturated rings. The largest absolute Gasteiger partial charge is 0.415 e. The fraction of sp³-hybridized carbons (Fsp3) is 0.533. The Morgan fingerprint density at radius 1 is 1.28 bits per heavy atom. The van der Waals surface area contributed by atoms with Gasteiger partial charge in [0.05, 0.1) is 0 Å². The smallest absolute Gasteiger partial charge is 0.410 e. The minimum atomic E-state index is -0.214. The lowest BCUT2D eigenvalue weighted by molar-refractivity contribution is 0.130. The molecule has 1 heterocycles. The summed E-state index contributed by atoms with van der Waals surface area (Å²) in [5.74, 6) is 1.40. The molecule has 3 nitrogen and oxygen atoms in total. The molecule has 1 saturated heterocycles. The van der Waals surface area contributed by atoms with Crippen molar-refractivity contribution in [3.05, 3.63) is 29.8 Å². The van der Waals surface area contributed by atoms with Crippen LogP contribution in [0.15, 0.2) is 24.3 Å². The molecule has 0 aromatic heterocycles. The molecule has 0 radical (unpaired) electrons. The summed E-state index contributed by atoms with van der Waals surface area (Å²) >= 11 is 0. The predicted molar refractivity (Wildman–Crippen MR) is 71.8 cm³/mol. The first kappa shape index (κ1) is 12.9. The number of nitrogens with zero attached hydrogens (tertiary/aromatic N) is 1. The standard InChI is InChI=1S/C15H21NO2/c1-3-13-8-10-16(11-9-13)15(17)18-14-6-4-12(2)5-7-14/h4-7,13H,3,8-11H2,1-2H3. The summed E-state index contributed by atoms with van der Waals surface area (Å²) in [7, 11) is 0. The summed E-state index contributed by atoms with van der Waals surface area (Å²) in [5, 5.41) is 0. The van der Waals surface area contributed by atoms with Crippen LogP contribution in [0.5, 0.6) is 5.75 Å². The summed E-state index contributed by atoms with van der Waals surface area (Å²) < 4.78 is 5.36. The molecule has 0 atom stereocenters. The molecule has 1 aliphatic rings. The monoisotopic (exact) mass is 247 g/mol. The second-order valence-corrected chi connectivity index (χ2v) is 5.02. The molecule has 1 aromatic carbocycles. The van der Waals surface area contributed by atoms with Gasteiger partial charge in [-0.1, -0.05) is 31.0 Å². The highest BCUT2D eigenvalue weighted by Gasteiger charge is 2.22. The van der Waals surface area contributed by atoms with Crippen molar-refractivity contribution in [2.75, 3.05) is 13.1 Å². The van der Waals surface area contributed by atoms with E-state index in [4.69, 9.17) is 4.74 Å². The van der Waals surface area contributed by atoms with Crippen molar-refractivity contribution >= 4 is 6.09 Å². The second kappa shape index (κ2) is 5.89. The summed E-state index contributed by atoms with van der Waals surface area (Å²) in [6.07, 6.45) is 3.19. The third-order valence-corrected chi connectivity index (χ3v) is 3.68. The van der Waals surface area contributed by atoms with E-state index in [1.54, 1.807) is 0 Å². The van der Waals surface area contributed by atoms with Crippen molar-refractivity contribution in [2.24, 2.45) is 5.92 Å². The van der Waals surface area contributed by atoms with Crippen molar-refractivity contribution in [1.82, 2.24) is 4.90 Å². The average molecular weight is 247 g/mol. The van der Waals surface area contributed by atoms with E-state index in [1.165, 1.54) is 12.0 Å². The van der Waals surface area contributed by atoms with Crippen LogP contribution in [0.1, 0.15) is 31.7 Å². The van der Waals surface area contributed by atoms with Crippen LogP contribution < -0.4 is 4.74 Å². The van der Waals surface area contributed by atoms with Crippen LogP contribution in [0.25, 0.3) is 0 Å². The van der Waals surface area contributed by atoms with Gasteiger partial charge in [-0.05, 0) is 37.8 Å². The van der Waals surface area contributed by atoms with E-state index < -0.39 is 0 Å². The number of amides is 1. The normalized spacial score (nSPS) is 16.7. The van der Waals surface area contributed by atoms with Gasteiger partial charge in [-0.3, -0.25) is 0 Å². The van der Waals surface area contributed by atoms with Crippen LogP contribution in [0.2, 0.25) is 0 Å². The van der Waals surface area contributed by atoms with Crippen LogP contribution in [0.3, 0.4) is 0 Å². The Morgan fingerprint density at radius 2 is 1.89 bits per heavy atom. The van der Waals surface area contributed by atoms with Gasteiger partial charge in [0.1, 0.15) is 5.75 Å². The summed E-state index contributed by atoms with van der Waals surface area (Å²) in [6.45, 7) is 5.87. The Hall–Kier alpha value is -1.51. The molecule has 2 rings (SSSR count). The number of carbonyl (C=O) groups is 1. The third kappa shape index (κ3) is 3.25. The minimum absolute atomic E-state index is 0.214. The van der Waals surface area contributed by atoms with Gasteiger partial charge in [0, 0.05) is 13.1 Å². The zero-order valence-electron chi connectivity index (χ0n) is 11.2. The molecule has 98 valence electrons. The number of benzene rings is 1. The fourth-order valence-electron chi connectivity index (χ4n) is 2.30. The van der Waals surface area contributed by atoms with Crippen molar-refractivity contribution < 1.29 is 9.53 Å². The van der Waals surface area contributed by atoms with E-state index in [0.29, 0.717) is 5.75 Å². The first-order chi connectivity index (χ1) is 8.69. The van der Waals surface area contributed by atoms with Gasteiger partial charge in [0.25, 0.3) is 0 Å². The van der Waals surface area contributed by atoms with Crippen molar-refractivity contribution in [2.45, 2.75) is 33.1 Å². The van der Waals surface area contributed by atoms with Gasteiger partial charge in [-0.15, -0.1) is 0 Å². The number of hydrogen-bond donors (Lipinski definition) is 0. The van der Waals surface area contributed by atoms with Crippen molar-refractivity contribution in [3.8, 4) is 5.75 Å². The maximum absolute atomic E-state index is 12.0. The van der Waals surface area contributed by atoms with E-state index in [0.717, 1.165) is 31.8 Å². The summed E-state index contributed by atoms with van der Waals surface area (Å²) in [4.78, 5) is 13.8. The van der Waals surface area contributed by atoms with E-state index in [9.17, 15) is 4.79 Å². The van der Waals surface area contributed by atoms with E-state index in [2.05, 4.69) is 6.92 Å². The molecular formula is C15H21NO2. The Morgan fingerprint density at radius 3 is 2.44 bits per heavy atom. The number of ether oxygens (including phenoxy) is 1. The molecule has 0 saturated carbocycles. The molecule has 1 aliphatic heterocycles. The predicted octanol–water partition coefficient (Wildman–Crippen LogP) is 3.62. The molecule has 0 spiro atoms. The fourth-order valence-corrected chi connectivity index (χ4v) is 2.30. The number of aryl methyl sites for hydroxylation is 1. The van der Waals surface area contributed by atoms with Crippen molar-refractivity contribution in [3.63, 3.8) is 0 Å². The molecule has 1 amide bonds. The molecular weight excluding hydrogens is 226 g/mol. The van der Waals surface area contributed by atoms with Gasteiger partial charge in [-0.2, -0.15) is 0 Å². The summed E-state index contributed by atoms with van der Waals surface area (Å²) in [5.41, 5.74) is 1.17. The quantitative estimate of drug-likeness (QED) is 0.799. The number of carbonyl (C=O) groups excluding carboxylic acids is 1. The van der Waals surface area contributed by atoms with Crippen LogP contribution in [0, 0.1) is 12.8 Å². The van der Waals surface area contributed by atoms with Crippen LogP contribution >= 0.6 is 0 Å². The highest BCUT2D eigenvalue weighted by molar-refractivity contribution is 5.70. The Labute approximate surface area is 109 Å². The average Bonchev–Trinajstić information content (AvgIpc) is 2.41. The number of rotatable bonds is 2. The maximum Gasteiger partial charge on any atom is 0.415 e. The zero-order valence-corrected chi connectivity index (χ0v) is 11.2. The second-order valence-electron chi connectivity index (χ2n) is 5.02. The zero-order chi connectivity index (χ0) is 13.0. The highest BCUT2D eigenvalue weighted by Crippen LogP contribution is 2.21. The maximum atomic E-state index is 12.0. The first-order valence-corrected chi connectivity index (χ1v) is 6.72. The molecule has 0 N–H and O–H groups in total. The topological polar surface area (TPSA) is 29.5 Å².